The van der Waals surface area contributed by atoms with Crippen LogP contribution in [0.2, 0.25) is 0 Å². The predicted octanol–water partition coefficient (Wildman–Crippen LogP) is 3.60. The highest BCUT2D eigenvalue weighted by Crippen LogP contribution is 2.25. The molecule has 1 aromatic carbocycles. The number of aryl methyl sites for hydroxylation is 1. The van der Waals surface area contributed by atoms with Crippen LogP contribution in [0.3, 0.4) is 0 Å². The van der Waals surface area contributed by atoms with Gasteiger partial charge in [-0.3, -0.25) is 0 Å². The smallest absolute Gasteiger partial charge is 0.0712 e. The van der Waals surface area contributed by atoms with Crippen LogP contribution in [0.1, 0.15) is 36.1 Å². The zero-order valence-corrected chi connectivity index (χ0v) is 12.6. The molecule has 2 heterocycles. The van der Waals surface area contributed by atoms with Gasteiger partial charge in [-0.1, -0.05) is 43.7 Å². The third-order valence-corrected chi connectivity index (χ3v) is 3.91. The summed E-state index contributed by atoms with van der Waals surface area (Å²) in [4.78, 5) is 0. The molecule has 108 valence electrons. The van der Waals surface area contributed by atoms with E-state index in [0.29, 0.717) is 0 Å². The van der Waals surface area contributed by atoms with Crippen LogP contribution in [0.5, 0.6) is 0 Å². The Kier molecular flexibility index (Phi) is 4.02. The average molecular weight is 279 g/mol. The van der Waals surface area contributed by atoms with Crippen molar-refractivity contribution in [2.75, 3.05) is 7.05 Å². The lowest BCUT2D eigenvalue weighted by Gasteiger charge is -2.16. The number of aromatic nitrogens is 2. The van der Waals surface area contributed by atoms with Crippen LogP contribution in [0.4, 0.5) is 0 Å². The van der Waals surface area contributed by atoms with E-state index in [1.807, 2.05) is 30.0 Å². The topological polar surface area (TPSA) is 29.3 Å². The maximum absolute atomic E-state index is 4.44. The van der Waals surface area contributed by atoms with Crippen LogP contribution >= 0.6 is 0 Å². The summed E-state index contributed by atoms with van der Waals surface area (Å²) in [5, 5.41) is 7.85. The monoisotopic (exact) mass is 279 g/mol. The Bertz CT molecular complexity index is 713. The highest BCUT2D eigenvalue weighted by Gasteiger charge is 2.16. The summed E-state index contributed by atoms with van der Waals surface area (Å²) in [7, 11) is 2.00. The minimum Gasteiger partial charge on any atom is -0.309 e. The molecule has 3 heteroatoms. The molecule has 1 atom stereocenters. The average Bonchev–Trinajstić information content (AvgIpc) is 2.94. The van der Waals surface area contributed by atoms with Gasteiger partial charge in [-0.2, -0.15) is 5.10 Å². The van der Waals surface area contributed by atoms with Crippen molar-refractivity contribution in [2.45, 2.75) is 25.8 Å². The first-order chi connectivity index (χ1) is 10.3. The van der Waals surface area contributed by atoms with Crippen molar-refractivity contribution in [3.8, 4) is 0 Å². The van der Waals surface area contributed by atoms with Gasteiger partial charge in [0.2, 0.25) is 0 Å². The van der Waals surface area contributed by atoms with Gasteiger partial charge in [0.15, 0.2) is 0 Å². The van der Waals surface area contributed by atoms with E-state index in [0.717, 1.165) is 11.9 Å². The predicted molar refractivity (Wildman–Crippen MR) is 86.5 cm³/mol. The van der Waals surface area contributed by atoms with E-state index in [9.17, 15) is 0 Å². The van der Waals surface area contributed by atoms with E-state index in [1.54, 1.807) is 0 Å². The number of rotatable bonds is 5. The standard InChI is InChI=1S/C18H21N3/c1-3-6-14-8-10-15(11-9-14)18(19-2)16-13-20-21-12-5-4-7-17(16)21/h4-5,7-13,18-19H,3,6H2,1-2H3. The van der Waals surface area contributed by atoms with Crippen molar-refractivity contribution >= 4 is 5.52 Å². The quantitative estimate of drug-likeness (QED) is 0.773. The molecule has 0 saturated carbocycles. The summed E-state index contributed by atoms with van der Waals surface area (Å²) in [5.74, 6) is 0. The number of hydrogen-bond donors (Lipinski definition) is 1. The van der Waals surface area contributed by atoms with Gasteiger partial charge in [0.25, 0.3) is 0 Å². The number of nitrogens with zero attached hydrogens (tertiary/aromatic N) is 2. The highest BCUT2D eigenvalue weighted by molar-refractivity contribution is 5.57. The summed E-state index contributed by atoms with van der Waals surface area (Å²) < 4.78 is 1.92. The van der Waals surface area contributed by atoms with Crippen molar-refractivity contribution in [3.05, 3.63) is 71.5 Å². The fourth-order valence-electron chi connectivity index (χ4n) is 2.84. The fourth-order valence-corrected chi connectivity index (χ4v) is 2.84. The lowest BCUT2D eigenvalue weighted by atomic mass is 9.98. The third kappa shape index (κ3) is 2.69. The van der Waals surface area contributed by atoms with E-state index in [4.69, 9.17) is 0 Å². The minimum absolute atomic E-state index is 0.167. The van der Waals surface area contributed by atoms with Crippen LogP contribution in [0, 0.1) is 0 Å². The molecule has 0 bridgehead atoms. The molecule has 0 radical (unpaired) electrons. The second kappa shape index (κ2) is 6.10. The Hall–Kier alpha value is -2.13. The lowest BCUT2D eigenvalue weighted by Crippen LogP contribution is -2.17. The minimum atomic E-state index is 0.167. The third-order valence-electron chi connectivity index (χ3n) is 3.91. The van der Waals surface area contributed by atoms with Gasteiger partial charge in [-0.25, -0.2) is 4.52 Å². The number of nitrogens with one attached hydrogen (secondary N) is 1. The molecule has 3 aromatic rings. The maximum atomic E-state index is 4.44. The Morgan fingerprint density at radius 2 is 1.95 bits per heavy atom. The normalized spacial score (nSPS) is 12.7. The van der Waals surface area contributed by atoms with Gasteiger partial charge in [0, 0.05) is 11.8 Å². The number of pyridine rings is 1. The van der Waals surface area contributed by atoms with Crippen LogP contribution in [-0.4, -0.2) is 16.7 Å². The summed E-state index contributed by atoms with van der Waals surface area (Å²) in [6, 6.07) is 15.2. The van der Waals surface area contributed by atoms with Crippen molar-refractivity contribution in [1.29, 1.82) is 0 Å². The molecule has 1 N–H and O–H groups in total. The molecular formula is C18H21N3. The Morgan fingerprint density at radius 1 is 1.14 bits per heavy atom. The first kappa shape index (κ1) is 13.8. The van der Waals surface area contributed by atoms with Gasteiger partial charge in [-0.05, 0) is 36.7 Å². The summed E-state index contributed by atoms with van der Waals surface area (Å²) in [6.45, 7) is 2.21. The van der Waals surface area contributed by atoms with Gasteiger partial charge < -0.3 is 5.32 Å². The zero-order chi connectivity index (χ0) is 14.7. The SMILES string of the molecule is CCCc1ccc(C(NC)c2cnn3ccccc23)cc1. The van der Waals surface area contributed by atoms with E-state index < -0.39 is 0 Å². The van der Waals surface area contributed by atoms with E-state index in [1.165, 1.54) is 23.1 Å². The van der Waals surface area contributed by atoms with Crippen molar-refractivity contribution in [2.24, 2.45) is 0 Å². The van der Waals surface area contributed by atoms with E-state index in [2.05, 4.69) is 53.7 Å². The van der Waals surface area contributed by atoms with Crippen LogP contribution in [-0.2, 0) is 6.42 Å². The van der Waals surface area contributed by atoms with Crippen LogP contribution in [0.15, 0.2) is 54.9 Å². The Morgan fingerprint density at radius 3 is 2.67 bits per heavy atom. The molecule has 1 unspecified atom stereocenters. The largest absolute Gasteiger partial charge is 0.309 e. The van der Waals surface area contributed by atoms with Gasteiger partial charge >= 0.3 is 0 Å². The number of hydrogen-bond acceptors (Lipinski definition) is 2. The first-order valence-electron chi connectivity index (χ1n) is 7.52. The van der Waals surface area contributed by atoms with Gasteiger partial charge in [-0.15, -0.1) is 0 Å². The molecule has 0 amide bonds. The summed E-state index contributed by atoms with van der Waals surface area (Å²) >= 11 is 0. The molecule has 0 saturated heterocycles. The Labute approximate surface area is 125 Å². The molecule has 3 rings (SSSR count). The maximum Gasteiger partial charge on any atom is 0.0712 e. The number of benzene rings is 1. The van der Waals surface area contributed by atoms with Crippen molar-refractivity contribution in [1.82, 2.24) is 14.9 Å². The van der Waals surface area contributed by atoms with Crippen molar-refractivity contribution < 1.29 is 0 Å². The Balaban J connectivity index is 1.97. The first-order valence-corrected chi connectivity index (χ1v) is 7.52. The van der Waals surface area contributed by atoms with E-state index >= 15 is 0 Å². The number of fused-ring (bicyclic) bond motifs is 1. The molecule has 0 spiro atoms. The molecule has 0 fully saturated rings. The van der Waals surface area contributed by atoms with Crippen LogP contribution in [0.25, 0.3) is 5.52 Å². The second-order valence-corrected chi connectivity index (χ2v) is 5.34. The molecular weight excluding hydrogens is 258 g/mol. The molecule has 0 aliphatic carbocycles. The zero-order valence-electron chi connectivity index (χ0n) is 12.6. The highest BCUT2D eigenvalue weighted by atomic mass is 15.2. The fraction of sp³-hybridized carbons (Fsp3) is 0.278. The van der Waals surface area contributed by atoms with E-state index in [-0.39, 0.29) is 6.04 Å². The van der Waals surface area contributed by atoms with Gasteiger partial charge in [0.1, 0.15) is 0 Å². The molecule has 2 aromatic heterocycles. The van der Waals surface area contributed by atoms with Crippen LogP contribution < -0.4 is 5.32 Å². The molecule has 3 nitrogen and oxygen atoms in total. The second-order valence-electron chi connectivity index (χ2n) is 5.34. The summed E-state index contributed by atoms with van der Waals surface area (Å²) in [6.07, 6.45) is 6.26. The van der Waals surface area contributed by atoms with Crippen molar-refractivity contribution in [3.63, 3.8) is 0 Å². The van der Waals surface area contributed by atoms with Gasteiger partial charge in [0.05, 0.1) is 17.8 Å². The summed E-state index contributed by atoms with van der Waals surface area (Å²) in [5.41, 5.74) is 5.03. The lowest BCUT2D eigenvalue weighted by molar-refractivity contribution is 0.696. The molecule has 21 heavy (non-hydrogen) atoms. The molecule has 0 aliphatic rings. The molecule has 0 aliphatic heterocycles.